The fourth-order valence-electron chi connectivity index (χ4n) is 5.02. The van der Waals surface area contributed by atoms with Crippen LogP contribution < -0.4 is 10.6 Å². The van der Waals surface area contributed by atoms with Crippen molar-refractivity contribution in [1.29, 1.82) is 0 Å². The van der Waals surface area contributed by atoms with Gasteiger partial charge < -0.3 is 30.2 Å². The van der Waals surface area contributed by atoms with Crippen LogP contribution in [0.1, 0.15) is 34.6 Å². The Kier molecular flexibility index (Phi) is 9.10. The molecule has 1 fully saturated rings. The van der Waals surface area contributed by atoms with Gasteiger partial charge in [-0.1, -0.05) is 6.07 Å². The highest BCUT2D eigenvalue weighted by Gasteiger charge is 2.16. The van der Waals surface area contributed by atoms with Gasteiger partial charge in [0.05, 0.1) is 42.2 Å². The quantitative estimate of drug-likeness (QED) is 0.198. The summed E-state index contributed by atoms with van der Waals surface area (Å²) in [5, 5.41) is 27.0. The van der Waals surface area contributed by atoms with Crippen LogP contribution >= 0.6 is 0 Å². The lowest BCUT2D eigenvalue weighted by Crippen LogP contribution is -2.37. The van der Waals surface area contributed by atoms with E-state index in [2.05, 4.69) is 48.3 Å². The van der Waals surface area contributed by atoms with Gasteiger partial charge in [-0.05, 0) is 68.3 Å². The van der Waals surface area contributed by atoms with Gasteiger partial charge in [0.25, 0.3) is 0 Å². The van der Waals surface area contributed by atoms with E-state index in [4.69, 9.17) is 9.72 Å². The summed E-state index contributed by atoms with van der Waals surface area (Å²) in [5.41, 5.74) is 7.24. The van der Waals surface area contributed by atoms with Crippen LogP contribution in [0.3, 0.4) is 0 Å². The average Bonchev–Trinajstić information content (AvgIpc) is 3.30. The molecule has 0 bridgehead atoms. The molecule has 4 N–H and O–H groups in total. The molecule has 212 valence electrons. The number of anilines is 2. The Morgan fingerprint density at radius 1 is 1.00 bits per heavy atom. The topological polar surface area (TPSA) is 121 Å². The summed E-state index contributed by atoms with van der Waals surface area (Å²) in [4.78, 5) is 16.4. The van der Waals surface area contributed by atoms with Crippen molar-refractivity contribution < 1.29 is 14.9 Å². The molecule has 0 aliphatic carbocycles. The molecule has 40 heavy (non-hydrogen) atoms. The smallest absolute Gasteiger partial charge is 0.204 e. The summed E-state index contributed by atoms with van der Waals surface area (Å²) in [5.74, 6) is 0.935. The lowest BCUT2D eigenvalue weighted by atomic mass is 10.1. The van der Waals surface area contributed by atoms with E-state index in [-0.39, 0.29) is 12.4 Å². The number of rotatable bonds is 12. The second-order valence-electron chi connectivity index (χ2n) is 10.3. The van der Waals surface area contributed by atoms with Crippen molar-refractivity contribution in [3.63, 3.8) is 0 Å². The molecular weight excluding hydrogens is 506 g/mol. The summed E-state index contributed by atoms with van der Waals surface area (Å²) >= 11 is 0. The maximum atomic E-state index is 10.5. The number of fused-ring (bicyclic) bond motifs is 1. The van der Waals surface area contributed by atoms with Crippen LogP contribution in [0.4, 0.5) is 11.6 Å². The Morgan fingerprint density at radius 3 is 2.67 bits per heavy atom. The third-order valence-electron chi connectivity index (χ3n) is 7.19. The second-order valence-corrected chi connectivity index (χ2v) is 10.3. The van der Waals surface area contributed by atoms with Crippen molar-refractivity contribution >= 4 is 22.7 Å². The van der Waals surface area contributed by atoms with Gasteiger partial charge >= 0.3 is 0 Å². The molecule has 0 radical (unpaired) electrons. The van der Waals surface area contributed by atoms with Crippen molar-refractivity contribution in [3.8, 4) is 5.75 Å². The van der Waals surface area contributed by atoms with Crippen molar-refractivity contribution in [2.75, 3.05) is 56.6 Å². The first kappa shape index (κ1) is 27.8. The van der Waals surface area contributed by atoms with Gasteiger partial charge in [-0.15, -0.1) is 0 Å². The number of aryl methyl sites for hydroxylation is 2. The minimum absolute atomic E-state index is 0.0535. The van der Waals surface area contributed by atoms with Crippen LogP contribution in [0.15, 0.2) is 42.6 Å². The number of aliphatic hydroxyl groups excluding tert-OH is 1. The highest BCUT2D eigenvalue weighted by molar-refractivity contribution is 5.80. The molecule has 1 saturated heterocycles. The molecular formula is C30H39N7O3. The fraction of sp³-hybridized carbons (Fsp3) is 0.433. The Balaban J connectivity index is 1.37. The van der Waals surface area contributed by atoms with Gasteiger partial charge in [-0.3, -0.25) is 14.9 Å². The lowest BCUT2D eigenvalue weighted by Gasteiger charge is -2.26. The van der Waals surface area contributed by atoms with Crippen LogP contribution in [-0.4, -0.2) is 80.6 Å². The molecule has 0 atom stereocenters. The van der Waals surface area contributed by atoms with Crippen LogP contribution in [0, 0.1) is 13.8 Å². The maximum Gasteiger partial charge on any atom is 0.204 e. The number of hydrogen-bond acceptors (Lipinski definition) is 9. The third-order valence-corrected chi connectivity index (χ3v) is 7.19. The van der Waals surface area contributed by atoms with E-state index in [0.717, 1.165) is 91.0 Å². The van der Waals surface area contributed by atoms with Crippen molar-refractivity contribution in [1.82, 2.24) is 24.4 Å². The highest BCUT2D eigenvalue weighted by Crippen LogP contribution is 2.26. The summed E-state index contributed by atoms with van der Waals surface area (Å²) in [6.07, 6.45) is 3.32. The second kappa shape index (κ2) is 13.1. The number of benzene rings is 1. The van der Waals surface area contributed by atoms with Gasteiger partial charge in [-0.2, -0.15) is 0 Å². The number of aromatic hydroxyl groups is 1. The van der Waals surface area contributed by atoms with Crippen LogP contribution in [0.2, 0.25) is 0 Å². The van der Waals surface area contributed by atoms with Gasteiger partial charge in [0.15, 0.2) is 0 Å². The minimum Gasteiger partial charge on any atom is -0.506 e. The number of ether oxygens (including phenoxy) is 1. The Bertz CT molecular complexity index is 1430. The molecule has 0 saturated carbocycles. The van der Waals surface area contributed by atoms with E-state index >= 15 is 0 Å². The Labute approximate surface area is 235 Å². The molecule has 4 aromatic rings. The van der Waals surface area contributed by atoms with Crippen molar-refractivity contribution in [3.05, 3.63) is 70.8 Å². The normalized spacial score (nSPS) is 14.1. The molecule has 1 aliphatic heterocycles. The summed E-state index contributed by atoms with van der Waals surface area (Å²) in [6, 6.07) is 11.8. The van der Waals surface area contributed by atoms with E-state index in [1.165, 1.54) is 0 Å². The molecule has 10 heteroatoms. The van der Waals surface area contributed by atoms with Gasteiger partial charge in [0.2, 0.25) is 5.95 Å². The molecule has 0 spiro atoms. The van der Waals surface area contributed by atoms with E-state index in [1.54, 1.807) is 6.07 Å². The number of morpholine rings is 1. The summed E-state index contributed by atoms with van der Waals surface area (Å²) in [7, 11) is 0. The van der Waals surface area contributed by atoms with Crippen LogP contribution in [-0.2, 0) is 24.2 Å². The minimum atomic E-state index is 0.0535. The molecule has 1 aliphatic rings. The molecule has 4 heterocycles. The first-order valence-electron chi connectivity index (χ1n) is 14.0. The third kappa shape index (κ3) is 6.88. The van der Waals surface area contributed by atoms with Gasteiger partial charge in [0, 0.05) is 51.1 Å². The molecule has 1 aromatic carbocycles. The highest BCUT2D eigenvalue weighted by atomic mass is 16.5. The summed E-state index contributed by atoms with van der Waals surface area (Å²) < 4.78 is 7.56. The predicted octanol–water partition coefficient (Wildman–Crippen LogP) is 3.48. The van der Waals surface area contributed by atoms with E-state index in [1.807, 2.05) is 32.2 Å². The number of nitrogens with zero attached hydrogens (tertiary/aromatic N) is 5. The molecule has 10 nitrogen and oxygen atoms in total. The van der Waals surface area contributed by atoms with Crippen molar-refractivity contribution in [2.24, 2.45) is 0 Å². The number of imidazole rings is 1. The average molecular weight is 546 g/mol. The summed E-state index contributed by atoms with van der Waals surface area (Å²) in [6.45, 7) is 10.3. The first-order valence-corrected chi connectivity index (χ1v) is 14.0. The SMILES string of the molecule is Cc1cnc(CCO)c(NCc2ccc3nc(NCCCN4CCOCC4)n(Cc4nc(C)ccc4O)c3c2)c1. The van der Waals surface area contributed by atoms with Crippen molar-refractivity contribution in [2.45, 2.75) is 39.8 Å². The number of aromatic nitrogens is 4. The monoisotopic (exact) mass is 545 g/mol. The number of aliphatic hydroxyl groups is 1. The first-order chi connectivity index (χ1) is 19.5. The van der Waals surface area contributed by atoms with Crippen LogP contribution in [0.25, 0.3) is 11.0 Å². The number of pyridine rings is 2. The zero-order valence-corrected chi connectivity index (χ0v) is 23.4. The predicted molar refractivity (Wildman–Crippen MR) is 157 cm³/mol. The molecule has 0 unspecified atom stereocenters. The maximum absolute atomic E-state index is 10.5. The standard InChI is InChI=1S/C30H39N7O3/c1-21-16-26(24(8-13-38)32-18-21)33-19-23-5-6-25-28(17-23)37(20-27-29(39)7-4-22(2)34-27)30(35-25)31-9-3-10-36-11-14-40-15-12-36/h4-7,16-18,33,38-39H,3,8-15,19-20H2,1-2H3,(H,31,35). The zero-order valence-electron chi connectivity index (χ0n) is 23.4. The number of nitrogens with one attached hydrogen (secondary N) is 2. The van der Waals surface area contributed by atoms with E-state index in [9.17, 15) is 10.2 Å². The molecule has 3 aromatic heterocycles. The molecule has 5 rings (SSSR count). The van der Waals surface area contributed by atoms with E-state index in [0.29, 0.717) is 25.2 Å². The lowest BCUT2D eigenvalue weighted by molar-refractivity contribution is 0.0378. The Morgan fingerprint density at radius 2 is 1.85 bits per heavy atom. The van der Waals surface area contributed by atoms with Gasteiger partial charge in [0.1, 0.15) is 11.4 Å². The van der Waals surface area contributed by atoms with E-state index < -0.39 is 0 Å². The van der Waals surface area contributed by atoms with Crippen LogP contribution in [0.5, 0.6) is 5.75 Å². The molecule has 0 amide bonds. The largest absolute Gasteiger partial charge is 0.506 e. The van der Waals surface area contributed by atoms with Gasteiger partial charge in [-0.25, -0.2) is 4.98 Å². The Hall–Kier alpha value is -3.73. The number of hydrogen-bond donors (Lipinski definition) is 4. The zero-order chi connectivity index (χ0) is 27.9. The fourth-order valence-corrected chi connectivity index (χ4v) is 5.02.